The van der Waals surface area contributed by atoms with Crippen molar-refractivity contribution in [3.63, 3.8) is 0 Å². The summed E-state index contributed by atoms with van der Waals surface area (Å²) in [6, 6.07) is 2.58. The summed E-state index contributed by atoms with van der Waals surface area (Å²) < 4.78 is 0. The molecule has 0 radical (unpaired) electrons. The second-order valence-corrected chi connectivity index (χ2v) is 5.11. The molecule has 0 bridgehead atoms. The quantitative estimate of drug-likeness (QED) is 0.725. The number of rotatable bonds is 6. The molecule has 15 heavy (non-hydrogen) atoms. The van der Waals surface area contributed by atoms with E-state index in [-0.39, 0.29) is 0 Å². The number of nitriles is 1. The number of nitrogens with two attached hydrogens (primary N) is 1. The second-order valence-electron chi connectivity index (χ2n) is 5.11. The van der Waals surface area contributed by atoms with Crippen LogP contribution in [0.3, 0.4) is 0 Å². The maximum absolute atomic E-state index is 8.90. The molecule has 0 saturated heterocycles. The maximum Gasteiger partial charge on any atom is 0.102 e. The Balaban J connectivity index is 2.41. The normalized spacial score (nSPS) is 22.1. The highest BCUT2D eigenvalue weighted by molar-refractivity contribution is 5.02. The summed E-state index contributed by atoms with van der Waals surface area (Å²) in [6.07, 6.45) is 3.51. The zero-order valence-electron chi connectivity index (χ0n) is 10.2. The molecule has 3 heteroatoms. The molecule has 2 unspecified atom stereocenters. The monoisotopic (exact) mass is 209 g/mol. The first-order chi connectivity index (χ1) is 6.98. The highest BCUT2D eigenvalue weighted by atomic mass is 15.2. The van der Waals surface area contributed by atoms with Crippen molar-refractivity contribution in [3.05, 3.63) is 0 Å². The number of nitrogens with zero attached hydrogens (tertiary/aromatic N) is 2. The molecule has 1 saturated carbocycles. The minimum Gasteiger partial charge on any atom is -0.314 e. The van der Waals surface area contributed by atoms with Crippen LogP contribution in [-0.4, -0.2) is 29.6 Å². The zero-order valence-corrected chi connectivity index (χ0v) is 10.2. The van der Waals surface area contributed by atoms with Crippen molar-refractivity contribution in [3.8, 4) is 6.07 Å². The number of hydrogen-bond acceptors (Lipinski definition) is 3. The average Bonchev–Trinajstić information content (AvgIpc) is 2.97. The van der Waals surface area contributed by atoms with Crippen LogP contribution in [0.1, 0.15) is 40.0 Å². The van der Waals surface area contributed by atoms with E-state index in [4.69, 9.17) is 11.0 Å². The first kappa shape index (κ1) is 12.5. The van der Waals surface area contributed by atoms with Gasteiger partial charge in [-0.3, -0.25) is 0 Å². The van der Waals surface area contributed by atoms with Crippen molar-refractivity contribution in [1.29, 1.82) is 5.26 Å². The van der Waals surface area contributed by atoms with Gasteiger partial charge in [-0.05, 0) is 45.6 Å². The first-order valence-corrected chi connectivity index (χ1v) is 5.92. The third kappa shape index (κ3) is 4.19. The predicted octanol–water partition coefficient (Wildman–Crippen LogP) is 1.74. The van der Waals surface area contributed by atoms with Gasteiger partial charge in [-0.25, -0.2) is 0 Å². The van der Waals surface area contributed by atoms with E-state index in [1.807, 2.05) is 6.92 Å². The molecule has 1 fully saturated rings. The average molecular weight is 209 g/mol. The van der Waals surface area contributed by atoms with Crippen molar-refractivity contribution >= 4 is 0 Å². The fourth-order valence-corrected chi connectivity index (χ4v) is 2.04. The summed E-state index contributed by atoms with van der Waals surface area (Å²) in [5, 5.41) is 8.90. The molecule has 1 aliphatic rings. The van der Waals surface area contributed by atoms with E-state index in [2.05, 4.69) is 24.8 Å². The Morgan fingerprint density at radius 3 is 2.60 bits per heavy atom. The molecular weight excluding hydrogens is 186 g/mol. The standard InChI is InChI=1S/C12H23N3/c1-4-15(8-11-5-6-11)10(2)7-12(3,14)9-13/h10-11H,4-8,14H2,1-3H3. The molecular formula is C12H23N3. The largest absolute Gasteiger partial charge is 0.314 e. The molecule has 2 atom stereocenters. The van der Waals surface area contributed by atoms with Crippen LogP contribution in [-0.2, 0) is 0 Å². The van der Waals surface area contributed by atoms with Gasteiger partial charge in [-0.2, -0.15) is 5.26 Å². The third-order valence-electron chi connectivity index (χ3n) is 3.19. The molecule has 2 N–H and O–H groups in total. The summed E-state index contributed by atoms with van der Waals surface area (Å²) in [6.45, 7) is 8.40. The van der Waals surface area contributed by atoms with Crippen LogP contribution in [0.2, 0.25) is 0 Å². The topological polar surface area (TPSA) is 53.0 Å². The molecule has 0 aliphatic heterocycles. The zero-order chi connectivity index (χ0) is 11.5. The molecule has 0 aromatic rings. The van der Waals surface area contributed by atoms with Gasteiger partial charge in [0.2, 0.25) is 0 Å². The summed E-state index contributed by atoms with van der Waals surface area (Å²) >= 11 is 0. The molecule has 0 heterocycles. The highest BCUT2D eigenvalue weighted by Gasteiger charge is 2.28. The molecule has 0 aromatic carbocycles. The van der Waals surface area contributed by atoms with Crippen LogP contribution < -0.4 is 5.73 Å². The lowest BCUT2D eigenvalue weighted by Gasteiger charge is -2.31. The van der Waals surface area contributed by atoms with Gasteiger partial charge in [0.25, 0.3) is 0 Å². The lowest BCUT2D eigenvalue weighted by molar-refractivity contribution is 0.186. The van der Waals surface area contributed by atoms with Gasteiger partial charge >= 0.3 is 0 Å². The Kier molecular flexibility index (Phi) is 4.12. The lowest BCUT2D eigenvalue weighted by atomic mass is 9.95. The van der Waals surface area contributed by atoms with E-state index in [1.54, 1.807) is 0 Å². The van der Waals surface area contributed by atoms with E-state index >= 15 is 0 Å². The van der Waals surface area contributed by atoms with Crippen molar-refractivity contribution in [2.45, 2.75) is 51.6 Å². The minimum atomic E-state index is -0.684. The molecule has 1 rings (SSSR count). The molecule has 0 aromatic heterocycles. The SMILES string of the molecule is CCN(CC1CC1)C(C)CC(C)(N)C#N. The Morgan fingerprint density at radius 2 is 2.20 bits per heavy atom. The van der Waals surface area contributed by atoms with Crippen LogP contribution in [0, 0.1) is 17.2 Å². The Hall–Kier alpha value is -0.590. The van der Waals surface area contributed by atoms with E-state index in [0.717, 1.165) is 18.9 Å². The Labute approximate surface area is 93.2 Å². The molecule has 0 spiro atoms. The Bertz CT molecular complexity index is 238. The van der Waals surface area contributed by atoms with Crippen molar-refractivity contribution in [2.75, 3.05) is 13.1 Å². The van der Waals surface area contributed by atoms with Gasteiger partial charge < -0.3 is 10.6 Å². The fourth-order valence-electron chi connectivity index (χ4n) is 2.04. The lowest BCUT2D eigenvalue weighted by Crippen LogP contribution is -2.44. The van der Waals surface area contributed by atoms with Gasteiger partial charge in [-0.1, -0.05) is 6.92 Å². The van der Waals surface area contributed by atoms with Crippen LogP contribution in [0.5, 0.6) is 0 Å². The minimum absolute atomic E-state index is 0.408. The summed E-state index contributed by atoms with van der Waals surface area (Å²) in [5.74, 6) is 0.901. The predicted molar refractivity (Wildman–Crippen MR) is 62.3 cm³/mol. The van der Waals surface area contributed by atoms with E-state index in [9.17, 15) is 0 Å². The number of hydrogen-bond donors (Lipinski definition) is 1. The van der Waals surface area contributed by atoms with Crippen LogP contribution in [0.25, 0.3) is 0 Å². The fraction of sp³-hybridized carbons (Fsp3) is 0.917. The highest BCUT2D eigenvalue weighted by Crippen LogP contribution is 2.30. The van der Waals surface area contributed by atoms with Crippen molar-refractivity contribution in [1.82, 2.24) is 4.90 Å². The third-order valence-corrected chi connectivity index (χ3v) is 3.19. The molecule has 86 valence electrons. The van der Waals surface area contributed by atoms with Gasteiger partial charge in [0.1, 0.15) is 5.54 Å². The summed E-state index contributed by atoms with van der Waals surface area (Å²) in [5.41, 5.74) is 5.18. The molecule has 1 aliphatic carbocycles. The maximum atomic E-state index is 8.90. The van der Waals surface area contributed by atoms with E-state index in [1.165, 1.54) is 19.4 Å². The summed E-state index contributed by atoms with van der Waals surface area (Å²) in [4.78, 5) is 2.44. The van der Waals surface area contributed by atoms with Crippen molar-refractivity contribution < 1.29 is 0 Å². The van der Waals surface area contributed by atoms with Gasteiger partial charge in [0.15, 0.2) is 0 Å². The summed E-state index contributed by atoms with van der Waals surface area (Å²) in [7, 11) is 0. The van der Waals surface area contributed by atoms with Crippen molar-refractivity contribution in [2.24, 2.45) is 11.7 Å². The second kappa shape index (κ2) is 4.96. The van der Waals surface area contributed by atoms with Gasteiger partial charge in [0.05, 0.1) is 6.07 Å². The van der Waals surface area contributed by atoms with E-state index < -0.39 is 5.54 Å². The smallest absolute Gasteiger partial charge is 0.102 e. The molecule has 3 nitrogen and oxygen atoms in total. The van der Waals surface area contributed by atoms with Gasteiger partial charge in [0, 0.05) is 12.6 Å². The van der Waals surface area contributed by atoms with E-state index in [0.29, 0.717) is 6.04 Å². The molecule has 0 amide bonds. The Morgan fingerprint density at radius 1 is 1.60 bits per heavy atom. The van der Waals surface area contributed by atoms with Crippen LogP contribution in [0.4, 0.5) is 0 Å². The van der Waals surface area contributed by atoms with Crippen LogP contribution >= 0.6 is 0 Å². The van der Waals surface area contributed by atoms with Crippen LogP contribution in [0.15, 0.2) is 0 Å². The first-order valence-electron chi connectivity index (χ1n) is 5.92. The van der Waals surface area contributed by atoms with Gasteiger partial charge in [-0.15, -0.1) is 0 Å².